The maximum atomic E-state index is 12.5. The summed E-state index contributed by atoms with van der Waals surface area (Å²) in [7, 11) is -7.07. The molecule has 0 amide bonds. The molecule has 0 radical (unpaired) electrons. The first-order valence-corrected chi connectivity index (χ1v) is 10.1. The molecular weight excluding hydrogens is 342 g/mol. The molecule has 0 spiro atoms. The van der Waals surface area contributed by atoms with E-state index < -0.39 is 31.9 Å². The summed E-state index contributed by atoms with van der Waals surface area (Å²) < 4.78 is 50.2. The number of sulfone groups is 1. The molecule has 1 atom stereocenters. The lowest BCUT2D eigenvalue weighted by Crippen LogP contribution is -2.35. The van der Waals surface area contributed by atoms with Crippen LogP contribution in [-0.4, -0.2) is 45.5 Å². The third kappa shape index (κ3) is 4.63. The van der Waals surface area contributed by atoms with Crippen LogP contribution in [0.4, 0.5) is 0 Å². The zero-order valence-corrected chi connectivity index (χ0v) is 14.0. The molecule has 0 bridgehead atoms. The van der Waals surface area contributed by atoms with Crippen LogP contribution in [0.1, 0.15) is 17.5 Å². The normalized spacial score (nSPS) is 20.8. The third-order valence-electron chi connectivity index (χ3n) is 3.47. The van der Waals surface area contributed by atoms with Gasteiger partial charge in [-0.3, -0.25) is 0 Å². The van der Waals surface area contributed by atoms with Gasteiger partial charge in [0.05, 0.1) is 16.4 Å². The molecule has 9 heteroatoms. The minimum absolute atomic E-state index is 0.00865. The Morgan fingerprint density at radius 3 is 2.65 bits per heavy atom. The predicted molar refractivity (Wildman–Crippen MR) is 85.2 cm³/mol. The number of carboxylic acids is 1. The van der Waals surface area contributed by atoms with E-state index in [2.05, 4.69) is 4.72 Å². The molecule has 0 saturated carbocycles. The van der Waals surface area contributed by atoms with Crippen molar-refractivity contribution in [2.45, 2.75) is 24.3 Å². The monoisotopic (exact) mass is 359 g/mol. The van der Waals surface area contributed by atoms with E-state index in [1.54, 1.807) is 19.1 Å². The van der Waals surface area contributed by atoms with Gasteiger partial charge in [-0.05, 0) is 36.6 Å². The Labute approximate surface area is 135 Å². The number of carbonyl (C=O) groups is 1. The molecule has 7 nitrogen and oxygen atoms in total. The quantitative estimate of drug-likeness (QED) is 0.742. The summed E-state index contributed by atoms with van der Waals surface area (Å²) in [6.07, 6.45) is 2.46. The van der Waals surface area contributed by atoms with Crippen molar-refractivity contribution in [1.82, 2.24) is 4.72 Å². The van der Waals surface area contributed by atoms with Gasteiger partial charge >= 0.3 is 5.97 Å². The Hall–Kier alpha value is -1.71. The van der Waals surface area contributed by atoms with E-state index in [1.807, 2.05) is 0 Å². The number of benzene rings is 1. The van der Waals surface area contributed by atoms with Gasteiger partial charge < -0.3 is 5.11 Å². The van der Waals surface area contributed by atoms with Gasteiger partial charge in [-0.25, -0.2) is 26.4 Å². The van der Waals surface area contributed by atoms with E-state index in [0.717, 1.165) is 6.08 Å². The van der Waals surface area contributed by atoms with E-state index in [-0.39, 0.29) is 22.8 Å². The maximum Gasteiger partial charge on any atom is 0.328 e. The number of rotatable bonds is 5. The van der Waals surface area contributed by atoms with Crippen LogP contribution in [0.3, 0.4) is 0 Å². The summed E-state index contributed by atoms with van der Waals surface area (Å²) >= 11 is 0. The lowest BCUT2D eigenvalue weighted by atomic mass is 10.1. The zero-order valence-electron chi connectivity index (χ0n) is 12.4. The first kappa shape index (κ1) is 17.6. The highest BCUT2D eigenvalue weighted by Crippen LogP contribution is 2.20. The smallest absolute Gasteiger partial charge is 0.328 e. The first-order chi connectivity index (χ1) is 10.6. The number of aryl methyl sites for hydroxylation is 1. The minimum atomic E-state index is -3.88. The van der Waals surface area contributed by atoms with Gasteiger partial charge in [-0.2, -0.15) is 0 Å². The average Bonchev–Trinajstić information content (AvgIpc) is 2.75. The topological polar surface area (TPSA) is 118 Å². The Kier molecular flexibility index (Phi) is 4.92. The number of aliphatic carboxylic acids is 1. The highest BCUT2D eigenvalue weighted by Gasteiger charge is 2.31. The van der Waals surface area contributed by atoms with Gasteiger partial charge in [0, 0.05) is 12.1 Å². The van der Waals surface area contributed by atoms with E-state index in [0.29, 0.717) is 11.1 Å². The highest BCUT2D eigenvalue weighted by atomic mass is 32.2. The fraction of sp³-hybridized carbons (Fsp3) is 0.357. The molecule has 1 aromatic carbocycles. The predicted octanol–water partition coefficient (Wildman–Crippen LogP) is 0.558. The highest BCUT2D eigenvalue weighted by molar-refractivity contribution is 7.92. The van der Waals surface area contributed by atoms with Crippen molar-refractivity contribution in [2.24, 2.45) is 0 Å². The molecule has 1 fully saturated rings. The average molecular weight is 359 g/mol. The summed E-state index contributed by atoms with van der Waals surface area (Å²) in [4.78, 5) is 10.5. The summed E-state index contributed by atoms with van der Waals surface area (Å²) in [6.45, 7) is 1.62. The number of sulfonamides is 1. The molecule has 23 heavy (non-hydrogen) atoms. The fourth-order valence-corrected chi connectivity index (χ4v) is 5.68. The van der Waals surface area contributed by atoms with E-state index in [4.69, 9.17) is 5.11 Å². The molecule has 2 N–H and O–H groups in total. The van der Waals surface area contributed by atoms with Crippen LogP contribution in [0.15, 0.2) is 29.2 Å². The molecule has 0 aromatic heterocycles. The molecule has 1 aliphatic heterocycles. The van der Waals surface area contributed by atoms with Gasteiger partial charge in [-0.1, -0.05) is 12.1 Å². The Morgan fingerprint density at radius 1 is 1.39 bits per heavy atom. The molecule has 0 aliphatic carbocycles. The van der Waals surface area contributed by atoms with Gasteiger partial charge in [0.25, 0.3) is 0 Å². The standard InChI is InChI=1S/C14H17NO6S2/c1-10-2-3-11(4-5-14(16)17)8-13(10)23(20,21)15-12-6-7-22(18,19)9-12/h2-5,8,12,15H,6-7,9H2,1H3,(H,16,17)/b5-4+/t12-/m0/s1. The largest absolute Gasteiger partial charge is 0.478 e. The molecule has 1 heterocycles. The van der Waals surface area contributed by atoms with Gasteiger partial charge in [0.15, 0.2) is 9.84 Å². The second-order valence-corrected chi connectivity index (χ2v) is 9.33. The number of hydrogen-bond acceptors (Lipinski definition) is 5. The van der Waals surface area contributed by atoms with Gasteiger partial charge in [-0.15, -0.1) is 0 Å². The second-order valence-electron chi connectivity index (χ2n) is 5.42. The molecule has 1 aromatic rings. The van der Waals surface area contributed by atoms with Crippen LogP contribution in [-0.2, 0) is 24.7 Å². The Bertz CT molecular complexity index is 855. The molecule has 1 aliphatic rings. The van der Waals surface area contributed by atoms with Crippen molar-refractivity contribution in [3.05, 3.63) is 35.4 Å². The van der Waals surface area contributed by atoms with Crippen LogP contribution in [0.5, 0.6) is 0 Å². The fourth-order valence-electron chi connectivity index (χ4n) is 2.35. The maximum absolute atomic E-state index is 12.5. The summed E-state index contributed by atoms with van der Waals surface area (Å²) in [5.74, 6) is -1.37. The van der Waals surface area contributed by atoms with Crippen LogP contribution in [0.25, 0.3) is 6.08 Å². The number of carboxylic acid groups (broad SMARTS) is 1. The number of hydrogen-bond donors (Lipinski definition) is 2. The molecular formula is C14H17NO6S2. The van der Waals surface area contributed by atoms with Gasteiger partial charge in [0.1, 0.15) is 0 Å². The third-order valence-corrected chi connectivity index (χ3v) is 6.90. The molecule has 1 saturated heterocycles. The summed E-state index contributed by atoms with van der Waals surface area (Å²) in [6, 6.07) is 3.90. The summed E-state index contributed by atoms with van der Waals surface area (Å²) in [5, 5.41) is 8.62. The van der Waals surface area contributed by atoms with E-state index >= 15 is 0 Å². The lowest BCUT2D eigenvalue weighted by molar-refractivity contribution is -0.131. The molecule has 2 rings (SSSR count). The van der Waals surface area contributed by atoms with Crippen molar-refractivity contribution in [3.8, 4) is 0 Å². The van der Waals surface area contributed by atoms with Gasteiger partial charge in [0.2, 0.25) is 10.0 Å². The minimum Gasteiger partial charge on any atom is -0.478 e. The van der Waals surface area contributed by atoms with E-state index in [9.17, 15) is 21.6 Å². The van der Waals surface area contributed by atoms with Crippen molar-refractivity contribution in [2.75, 3.05) is 11.5 Å². The molecule has 126 valence electrons. The zero-order chi connectivity index (χ0) is 17.3. The summed E-state index contributed by atoms with van der Waals surface area (Å²) in [5.41, 5.74) is 0.920. The van der Waals surface area contributed by atoms with Crippen LogP contribution < -0.4 is 4.72 Å². The van der Waals surface area contributed by atoms with Crippen LogP contribution >= 0.6 is 0 Å². The van der Waals surface area contributed by atoms with Crippen molar-refractivity contribution < 1.29 is 26.7 Å². The van der Waals surface area contributed by atoms with Crippen molar-refractivity contribution in [3.63, 3.8) is 0 Å². The number of nitrogens with one attached hydrogen (secondary N) is 1. The Morgan fingerprint density at radius 2 is 2.09 bits per heavy atom. The van der Waals surface area contributed by atoms with E-state index in [1.165, 1.54) is 12.1 Å². The van der Waals surface area contributed by atoms with Crippen LogP contribution in [0.2, 0.25) is 0 Å². The van der Waals surface area contributed by atoms with Crippen molar-refractivity contribution >= 4 is 31.9 Å². The molecule has 0 unspecified atom stereocenters. The SMILES string of the molecule is Cc1ccc(/C=C/C(=O)O)cc1S(=O)(=O)N[C@H]1CCS(=O)(=O)C1. The van der Waals surface area contributed by atoms with Crippen molar-refractivity contribution in [1.29, 1.82) is 0 Å². The lowest BCUT2D eigenvalue weighted by Gasteiger charge is -2.14. The van der Waals surface area contributed by atoms with Crippen LogP contribution in [0, 0.1) is 6.92 Å². The Balaban J connectivity index is 2.28. The second kappa shape index (κ2) is 6.42. The first-order valence-electron chi connectivity index (χ1n) is 6.83.